The van der Waals surface area contributed by atoms with Crippen LogP contribution < -0.4 is 0 Å². The molecular weight excluding hydrogens is 94.9 g/mol. The molecule has 1 heterocycles. The number of thioether (sulfide) groups is 1. The average Bonchev–Trinajstić information content (AvgIpc) is 2.06. The highest BCUT2D eigenvalue weighted by Gasteiger charge is 2.26. The van der Waals surface area contributed by atoms with Gasteiger partial charge in [0.05, 0.1) is 0 Å². The first kappa shape index (κ1) is 4.53. The summed E-state index contributed by atoms with van der Waals surface area (Å²) in [6.45, 7) is 0. The topological polar surface area (TPSA) is 20.2 Å². The maximum absolute atomic E-state index is 8.67. The molecule has 3 heteroatoms. The first-order chi connectivity index (χ1) is 2.80. The fraction of sp³-hybridized carbons (Fsp3) is 1.00. The van der Waals surface area contributed by atoms with E-state index in [1.165, 1.54) is 0 Å². The number of hydrogen-bond donors (Lipinski definition) is 1. The van der Waals surface area contributed by atoms with Gasteiger partial charge in [0.2, 0.25) is 0 Å². The molecule has 2 atom stereocenters. The van der Waals surface area contributed by atoms with Crippen molar-refractivity contribution in [3.05, 3.63) is 0 Å². The van der Waals surface area contributed by atoms with E-state index in [4.69, 9.17) is 5.11 Å². The van der Waals surface area contributed by atoms with Crippen molar-refractivity contribution in [3.63, 3.8) is 0 Å². The van der Waals surface area contributed by atoms with Crippen LogP contribution in [0.1, 0.15) is 0 Å². The van der Waals surface area contributed by atoms with Crippen LogP contribution >= 0.6 is 11.8 Å². The summed E-state index contributed by atoms with van der Waals surface area (Å²) in [6, 6.07) is -0.0741. The van der Waals surface area contributed by atoms with Gasteiger partial charge in [0.15, 0.2) is 0 Å². The van der Waals surface area contributed by atoms with Gasteiger partial charge in [-0.1, -0.05) is 0 Å². The van der Waals surface area contributed by atoms with Gasteiger partial charge in [0, 0.05) is 17.0 Å². The van der Waals surface area contributed by atoms with Crippen molar-refractivity contribution in [1.29, 1.82) is 0 Å². The summed E-state index contributed by atoms with van der Waals surface area (Å²) in [5.41, 5.74) is 0. The lowest BCUT2D eigenvalue weighted by molar-refractivity contribution is 0.265. The van der Waals surface area contributed by atoms with Gasteiger partial charge in [-0.2, -0.15) is 11.8 Å². The van der Waals surface area contributed by atoms with Crippen LogP contribution in [0, 0.1) is 0 Å². The molecule has 0 aromatic heterocycles. The van der Waals surface area contributed by atoms with E-state index in [0.717, 1.165) is 5.75 Å². The van der Waals surface area contributed by atoms with E-state index in [9.17, 15) is 0 Å². The summed E-state index contributed by atoms with van der Waals surface area (Å²) in [6.07, 6.45) is 0. The molecule has 0 radical (unpaired) electrons. The monoisotopic (exact) mass is 102 g/mol. The van der Waals surface area contributed by atoms with Gasteiger partial charge in [0.1, 0.15) is 7.85 Å². The van der Waals surface area contributed by atoms with E-state index in [0.29, 0.717) is 5.25 Å². The van der Waals surface area contributed by atoms with Crippen molar-refractivity contribution in [2.24, 2.45) is 0 Å². The summed E-state index contributed by atoms with van der Waals surface area (Å²) < 4.78 is 0. The molecule has 0 spiro atoms. The maximum Gasteiger partial charge on any atom is 0.140 e. The highest BCUT2D eigenvalue weighted by Crippen LogP contribution is 2.31. The molecule has 34 valence electrons. The zero-order valence-electron chi connectivity index (χ0n) is 3.72. The molecule has 1 fully saturated rings. The van der Waals surface area contributed by atoms with Crippen molar-refractivity contribution >= 4 is 19.6 Å². The average molecular weight is 102 g/mol. The van der Waals surface area contributed by atoms with Crippen LogP contribution in [0.15, 0.2) is 0 Å². The van der Waals surface area contributed by atoms with Gasteiger partial charge in [-0.15, -0.1) is 0 Å². The van der Waals surface area contributed by atoms with Gasteiger partial charge in [0.25, 0.3) is 0 Å². The first-order valence-corrected chi connectivity index (χ1v) is 3.15. The Kier molecular flexibility index (Phi) is 1.11. The number of hydrogen-bond acceptors (Lipinski definition) is 2. The molecule has 6 heavy (non-hydrogen) atoms. The van der Waals surface area contributed by atoms with Crippen LogP contribution in [0.4, 0.5) is 0 Å². The molecule has 1 aliphatic heterocycles. The van der Waals surface area contributed by atoms with Gasteiger partial charge < -0.3 is 5.11 Å². The summed E-state index contributed by atoms with van der Waals surface area (Å²) in [4.78, 5) is 0. The Morgan fingerprint density at radius 3 is 2.50 bits per heavy atom. The van der Waals surface area contributed by atoms with Crippen LogP contribution in [-0.2, 0) is 0 Å². The van der Waals surface area contributed by atoms with Crippen LogP contribution in [-0.4, -0.2) is 30.0 Å². The Labute approximate surface area is 42.5 Å². The minimum Gasteiger partial charge on any atom is -0.401 e. The third-order valence-electron chi connectivity index (χ3n) is 0.897. The van der Waals surface area contributed by atoms with E-state index in [-0.39, 0.29) is 6.00 Å². The van der Waals surface area contributed by atoms with Crippen molar-refractivity contribution < 1.29 is 5.11 Å². The summed E-state index contributed by atoms with van der Waals surface area (Å²) in [5.74, 6) is 1.16. The van der Waals surface area contributed by atoms with Crippen molar-refractivity contribution in [1.82, 2.24) is 0 Å². The largest absolute Gasteiger partial charge is 0.401 e. The molecule has 1 rings (SSSR count). The Morgan fingerprint density at radius 1 is 2.00 bits per heavy atom. The van der Waals surface area contributed by atoms with Gasteiger partial charge in [-0.3, -0.25) is 0 Å². The van der Waals surface area contributed by atoms with Crippen molar-refractivity contribution in [2.45, 2.75) is 11.3 Å². The summed E-state index contributed by atoms with van der Waals surface area (Å²) >= 11 is 1.83. The van der Waals surface area contributed by atoms with E-state index >= 15 is 0 Å². The molecule has 0 bridgehead atoms. The molecule has 1 saturated heterocycles. The van der Waals surface area contributed by atoms with Crippen LogP contribution in [0.3, 0.4) is 0 Å². The minimum absolute atomic E-state index is 0.0741. The summed E-state index contributed by atoms with van der Waals surface area (Å²) in [7, 11) is 1.84. The van der Waals surface area contributed by atoms with Crippen molar-refractivity contribution in [2.75, 3.05) is 5.75 Å². The van der Waals surface area contributed by atoms with E-state index in [1.54, 1.807) is 0 Å². The van der Waals surface area contributed by atoms with Gasteiger partial charge in [-0.25, -0.2) is 0 Å². The molecule has 1 aliphatic rings. The molecule has 0 aromatic rings. The molecular formula is C3H7BOS. The molecule has 0 aliphatic carbocycles. The first-order valence-electron chi connectivity index (χ1n) is 2.10. The van der Waals surface area contributed by atoms with Crippen LogP contribution in [0.25, 0.3) is 0 Å². The van der Waals surface area contributed by atoms with E-state index in [2.05, 4.69) is 0 Å². The zero-order valence-corrected chi connectivity index (χ0v) is 4.53. The number of aliphatic hydroxyl groups is 1. The predicted octanol–water partition coefficient (Wildman–Crippen LogP) is -0.947. The van der Waals surface area contributed by atoms with E-state index < -0.39 is 0 Å². The fourth-order valence-electron chi connectivity index (χ4n) is 0.334. The molecule has 1 nitrogen and oxygen atoms in total. The molecule has 1 N–H and O–H groups in total. The molecule has 0 amide bonds. The van der Waals surface area contributed by atoms with Gasteiger partial charge >= 0.3 is 0 Å². The second-order valence-corrected chi connectivity index (χ2v) is 2.88. The smallest absolute Gasteiger partial charge is 0.140 e. The Hall–Kier alpha value is 0.375. The highest BCUT2D eigenvalue weighted by atomic mass is 32.2. The SMILES string of the molecule is BC(O)C1CS1. The second kappa shape index (κ2) is 1.47. The van der Waals surface area contributed by atoms with E-state index in [1.807, 2.05) is 19.6 Å². The summed E-state index contributed by atoms with van der Waals surface area (Å²) in [5, 5.41) is 9.25. The predicted molar refractivity (Wildman–Crippen MR) is 30.8 cm³/mol. The second-order valence-electron chi connectivity index (χ2n) is 1.61. The standard InChI is InChI=1S/C3H7BOS/c4-3(5)2-1-6-2/h2-3,5H,1,4H2. The third-order valence-corrected chi connectivity index (χ3v) is 2.01. The minimum atomic E-state index is -0.0741. The van der Waals surface area contributed by atoms with Crippen molar-refractivity contribution in [3.8, 4) is 0 Å². The molecule has 0 aromatic carbocycles. The lowest BCUT2D eigenvalue weighted by atomic mass is 9.98. The van der Waals surface area contributed by atoms with Gasteiger partial charge in [-0.05, 0) is 0 Å². The highest BCUT2D eigenvalue weighted by molar-refractivity contribution is 8.07. The van der Waals surface area contributed by atoms with Crippen LogP contribution in [0.5, 0.6) is 0 Å². The Balaban J connectivity index is 2.13. The Morgan fingerprint density at radius 2 is 2.50 bits per heavy atom. The molecule has 0 saturated carbocycles. The number of rotatable bonds is 1. The third kappa shape index (κ3) is 0.916. The molecule has 2 unspecified atom stereocenters. The normalized spacial score (nSPS) is 35.8. The number of aliphatic hydroxyl groups excluding tert-OH is 1. The zero-order chi connectivity index (χ0) is 4.57. The van der Waals surface area contributed by atoms with Crippen LogP contribution in [0.2, 0.25) is 0 Å². The lowest BCUT2D eigenvalue weighted by Crippen LogP contribution is -2.11. The Bertz CT molecular complexity index is 52.8. The lowest BCUT2D eigenvalue weighted by Gasteiger charge is -1.92. The quantitative estimate of drug-likeness (QED) is 0.340. The fourth-order valence-corrected chi connectivity index (χ4v) is 1.00. The maximum atomic E-state index is 8.67.